The van der Waals surface area contributed by atoms with Gasteiger partial charge in [-0.25, -0.2) is 4.79 Å². The minimum Gasteiger partial charge on any atom is -0.430 e. The molecule has 0 radical (unpaired) electrons. The molecular formula is C18H24O3. The van der Waals surface area contributed by atoms with Crippen LogP contribution in [0.5, 0.6) is 0 Å². The first-order valence-electron chi connectivity index (χ1n) is 7.20. The summed E-state index contributed by atoms with van der Waals surface area (Å²) >= 11 is 0. The average molecular weight is 288 g/mol. The summed E-state index contributed by atoms with van der Waals surface area (Å²) in [7, 11) is 0. The van der Waals surface area contributed by atoms with Crippen LogP contribution in [0.3, 0.4) is 0 Å². The van der Waals surface area contributed by atoms with Gasteiger partial charge in [0.05, 0.1) is 0 Å². The maximum Gasteiger partial charge on any atom is 0.508 e. The summed E-state index contributed by atoms with van der Waals surface area (Å²) in [4.78, 5) is 11.4. The maximum atomic E-state index is 11.4. The molecule has 0 spiro atoms. The lowest BCUT2D eigenvalue weighted by atomic mass is 10.1. The molecule has 3 nitrogen and oxygen atoms in total. The third kappa shape index (κ3) is 8.69. The lowest BCUT2D eigenvalue weighted by molar-refractivity contribution is 0.0575. The van der Waals surface area contributed by atoms with E-state index in [1.54, 1.807) is 0 Å². The Labute approximate surface area is 127 Å². The third-order valence-electron chi connectivity index (χ3n) is 2.92. The highest BCUT2D eigenvalue weighted by atomic mass is 16.7. The number of allylic oxidation sites excluding steroid dienone is 3. The molecule has 0 saturated carbocycles. The fraction of sp³-hybridized carbons (Fsp3) is 0.389. The van der Waals surface area contributed by atoms with E-state index in [9.17, 15) is 4.79 Å². The van der Waals surface area contributed by atoms with Crippen molar-refractivity contribution in [2.75, 3.05) is 6.61 Å². The van der Waals surface area contributed by atoms with Crippen LogP contribution >= 0.6 is 0 Å². The average Bonchev–Trinajstić information content (AvgIpc) is 2.46. The SMILES string of the molecule is CC(C)=CCC/C(C)=C/COC(=O)OCc1ccccc1. The Morgan fingerprint density at radius 3 is 2.43 bits per heavy atom. The van der Waals surface area contributed by atoms with Crippen molar-refractivity contribution in [3.8, 4) is 0 Å². The summed E-state index contributed by atoms with van der Waals surface area (Å²) in [6, 6.07) is 9.54. The van der Waals surface area contributed by atoms with E-state index in [4.69, 9.17) is 9.47 Å². The Hall–Kier alpha value is -2.03. The van der Waals surface area contributed by atoms with Gasteiger partial charge in [0.2, 0.25) is 0 Å². The van der Waals surface area contributed by atoms with Crippen molar-refractivity contribution in [2.45, 2.75) is 40.2 Å². The zero-order valence-electron chi connectivity index (χ0n) is 13.1. The van der Waals surface area contributed by atoms with Gasteiger partial charge in [-0.2, -0.15) is 0 Å². The van der Waals surface area contributed by atoms with E-state index in [1.165, 1.54) is 11.1 Å². The minimum absolute atomic E-state index is 0.239. The predicted molar refractivity (Wildman–Crippen MR) is 85.0 cm³/mol. The molecule has 0 atom stereocenters. The fourth-order valence-electron chi connectivity index (χ4n) is 1.70. The molecule has 114 valence electrons. The molecule has 0 aliphatic heterocycles. The number of benzene rings is 1. The second-order valence-corrected chi connectivity index (χ2v) is 5.21. The highest BCUT2D eigenvalue weighted by Crippen LogP contribution is 2.07. The van der Waals surface area contributed by atoms with Gasteiger partial charge in [0.15, 0.2) is 0 Å². The largest absolute Gasteiger partial charge is 0.508 e. The van der Waals surface area contributed by atoms with Crippen molar-refractivity contribution >= 4 is 6.16 Å². The number of carbonyl (C=O) groups is 1. The molecule has 1 rings (SSSR count). The second-order valence-electron chi connectivity index (χ2n) is 5.21. The Bertz CT molecular complexity index is 482. The number of ether oxygens (including phenoxy) is 2. The molecule has 1 aromatic carbocycles. The first-order valence-corrected chi connectivity index (χ1v) is 7.20. The van der Waals surface area contributed by atoms with Crippen molar-refractivity contribution in [3.05, 3.63) is 59.2 Å². The van der Waals surface area contributed by atoms with Crippen LogP contribution in [0.15, 0.2) is 53.6 Å². The van der Waals surface area contributed by atoms with Crippen molar-refractivity contribution in [1.82, 2.24) is 0 Å². The van der Waals surface area contributed by atoms with Gasteiger partial charge in [-0.05, 0) is 45.3 Å². The molecule has 0 unspecified atom stereocenters. The van der Waals surface area contributed by atoms with Gasteiger partial charge in [-0.3, -0.25) is 0 Å². The number of hydrogen-bond acceptors (Lipinski definition) is 3. The van der Waals surface area contributed by atoms with Crippen molar-refractivity contribution in [3.63, 3.8) is 0 Å². The zero-order valence-corrected chi connectivity index (χ0v) is 13.1. The van der Waals surface area contributed by atoms with Crippen LogP contribution < -0.4 is 0 Å². The molecule has 0 N–H and O–H groups in total. The van der Waals surface area contributed by atoms with Crippen LogP contribution in [0.1, 0.15) is 39.2 Å². The summed E-state index contributed by atoms with van der Waals surface area (Å²) in [6.07, 6.45) is 5.48. The van der Waals surface area contributed by atoms with Crippen LogP contribution in [0.4, 0.5) is 4.79 Å². The standard InChI is InChI=1S/C18H24O3/c1-15(2)8-7-9-16(3)12-13-20-18(19)21-14-17-10-5-4-6-11-17/h4-6,8,10-12H,7,9,13-14H2,1-3H3/b16-12+. The quantitative estimate of drug-likeness (QED) is 0.521. The molecule has 0 saturated heterocycles. The van der Waals surface area contributed by atoms with Crippen LogP contribution in [-0.4, -0.2) is 12.8 Å². The molecule has 21 heavy (non-hydrogen) atoms. The van der Waals surface area contributed by atoms with Crippen molar-refractivity contribution in [2.24, 2.45) is 0 Å². The van der Waals surface area contributed by atoms with Crippen molar-refractivity contribution < 1.29 is 14.3 Å². The van der Waals surface area contributed by atoms with Gasteiger partial charge >= 0.3 is 6.16 Å². The molecule has 0 bridgehead atoms. The first kappa shape index (κ1) is 17.0. The highest BCUT2D eigenvalue weighted by molar-refractivity contribution is 5.60. The Kier molecular flexibility index (Phi) is 7.95. The zero-order chi connectivity index (χ0) is 15.5. The summed E-state index contributed by atoms with van der Waals surface area (Å²) in [5.74, 6) is 0. The lowest BCUT2D eigenvalue weighted by Gasteiger charge is -2.05. The lowest BCUT2D eigenvalue weighted by Crippen LogP contribution is -2.07. The maximum absolute atomic E-state index is 11.4. The molecule has 0 aromatic heterocycles. The molecule has 0 fully saturated rings. The van der Waals surface area contributed by atoms with E-state index in [0.717, 1.165) is 18.4 Å². The van der Waals surface area contributed by atoms with Gasteiger partial charge in [0.1, 0.15) is 13.2 Å². The van der Waals surface area contributed by atoms with E-state index in [1.807, 2.05) is 43.3 Å². The second kappa shape index (κ2) is 9.81. The Morgan fingerprint density at radius 1 is 1.05 bits per heavy atom. The van der Waals surface area contributed by atoms with E-state index < -0.39 is 6.16 Å². The topological polar surface area (TPSA) is 35.5 Å². The fourth-order valence-corrected chi connectivity index (χ4v) is 1.70. The van der Waals surface area contributed by atoms with Crippen molar-refractivity contribution in [1.29, 1.82) is 0 Å². The van der Waals surface area contributed by atoms with E-state index in [0.29, 0.717) is 0 Å². The molecule has 3 heteroatoms. The van der Waals surface area contributed by atoms with Gasteiger partial charge in [0.25, 0.3) is 0 Å². The summed E-state index contributed by atoms with van der Waals surface area (Å²) < 4.78 is 10.0. The van der Waals surface area contributed by atoms with E-state index in [2.05, 4.69) is 19.9 Å². The van der Waals surface area contributed by atoms with Crippen LogP contribution in [0, 0.1) is 0 Å². The number of carbonyl (C=O) groups excluding carboxylic acids is 1. The van der Waals surface area contributed by atoms with Gasteiger partial charge in [-0.1, -0.05) is 47.6 Å². The summed E-state index contributed by atoms with van der Waals surface area (Å²) in [6.45, 7) is 6.71. The van der Waals surface area contributed by atoms with Crippen LogP contribution in [0.2, 0.25) is 0 Å². The van der Waals surface area contributed by atoms with E-state index >= 15 is 0 Å². The number of hydrogen-bond donors (Lipinski definition) is 0. The minimum atomic E-state index is -0.632. The van der Waals surface area contributed by atoms with Crippen LogP contribution in [0.25, 0.3) is 0 Å². The molecule has 0 heterocycles. The molecule has 0 aliphatic carbocycles. The van der Waals surface area contributed by atoms with Gasteiger partial charge in [0, 0.05) is 0 Å². The van der Waals surface area contributed by atoms with E-state index in [-0.39, 0.29) is 13.2 Å². The monoisotopic (exact) mass is 288 g/mol. The number of rotatable bonds is 7. The van der Waals surface area contributed by atoms with Gasteiger partial charge < -0.3 is 9.47 Å². The normalized spacial score (nSPS) is 10.9. The van der Waals surface area contributed by atoms with Crippen LogP contribution in [-0.2, 0) is 16.1 Å². The first-order chi connectivity index (χ1) is 10.1. The molecule has 0 amide bonds. The summed E-state index contributed by atoms with van der Waals surface area (Å²) in [5, 5.41) is 0. The van der Waals surface area contributed by atoms with Gasteiger partial charge in [-0.15, -0.1) is 0 Å². The predicted octanol–water partition coefficient (Wildman–Crippen LogP) is 5.03. The highest BCUT2D eigenvalue weighted by Gasteiger charge is 2.02. The smallest absolute Gasteiger partial charge is 0.430 e. The Morgan fingerprint density at radius 2 is 1.76 bits per heavy atom. The Balaban J connectivity index is 2.19. The molecule has 0 aliphatic rings. The third-order valence-corrected chi connectivity index (χ3v) is 2.92. The molecular weight excluding hydrogens is 264 g/mol. The summed E-state index contributed by atoms with van der Waals surface area (Å²) in [5.41, 5.74) is 3.48. The molecule has 1 aromatic rings.